The number of anilines is 2. The van der Waals surface area contributed by atoms with Crippen LogP contribution in [-0.2, 0) is 17.6 Å². The third-order valence-electron chi connectivity index (χ3n) is 7.10. The highest BCUT2D eigenvalue weighted by atomic mass is 35.5. The van der Waals surface area contributed by atoms with E-state index < -0.39 is 0 Å². The summed E-state index contributed by atoms with van der Waals surface area (Å²) in [5, 5.41) is 14.8. The molecular weight excluding hydrogens is 534 g/mol. The number of carbonyl (C=O) groups excluding carboxylic acids is 2. The molecular formula is C28H28ClN7O2S. The predicted molar refractivity (Wildman–Crippen MR) is 154 cm³/mol. The number of aryl methyl sites for hydroxylation is 1. The van der Waals surface area contributed by atoms with Crippen LogP contribution in [0.15, 0.2) is 42.7 Å². The molecule has 3 N–H and O–H groups in total. The topological polar surface area (TPSA) is 114 Å². The van der Waals surface area contributed by atoms with Gasteiger partial charge < -0.3 is 16.0 Å². The van der Waals surface area contributed by atoms with E-state index in [-0.39, 0.29) is 18.0 Å². The number of amides is 3. The van der Waals surface area contributed by atoms with Crippen LogP contribution in [0.2, 0.25) is 5.02 Å². The summed E-state index contributed by atoms with van der Waals surface area (Å²) in [6.45, 7) is 1.47. The van der Waals surface area contributed by atoms with Crippen LogP contribution in [0.5, 0.6) is 0 Å². The van der Waals surface area contributed by atoms with Gasteiger partial charge in [-0.25, -0.2) is 14.5 Å². The van der Waals surface area contributed by atoms with Gasteiger partial charge in [0.15, 0.2) is 5.13 Å². The van der Waals surface area contributed by atoms with Crippen LogP contribution < -0.4 is 16.0 Å². The van der Waals surface area contributed by atoms with Gasteiger partial charge in [-0.05, 0) is 56.0 Å². The predicted octanol–water partition coefficient (Wildman–Crippen LogP) is 6.22. The average Bonchev–Trinajstić information content (AvgIpc) is 3.50. The van der Waals surface area contributed by atoms with Crippen molar-refractivity contribution in [3.8, 4) is 27.5 Å². The van der Waals surface area contributed by atoms with Crippen LogP contribution in [0.4, 0.5) is 15.6 Å². The average molecular weight is 562 g/mol. The number of thiazole rings is 1. The van der Waals surface area contributed by atoms with Gasteiger partial charge in [0.25, 0.3) is 0 Å². The van der Waals surface area contributed by atoms with Crippen molar-refractivity contribution in [1.82, 2.24) is 25.1 Å². The maximum Gasteiger partial charge on any atom is 0.319 e. The lowest BCUT2D eigenvalue weighted by Crippen LogP contribution is -2.39. The zero-order valence-corrected chi connectivity index (χ0v) is 23.0. The molecule has 3 amide bonds. The fraction of sp³-hybridized carbons (Fsp3) is 0.321. The number of aromatic nitrogens is 4. The first-order chi connectivity index (χ1) is 19.0. The van der Waals surface area contributed by atoms with E-state index in [0.717, 1.165) is 71.6 Å². The van der Waals surface area contributed by atoms with Crippen LogP contribution in [0.25, 0.3) is 27.5 Å². The van der Waals surface area contributed by atoms with E-state index in [2.05, 4.69) is 25.9 Å². The quantitative estimate of drug-likeness (QED) is 0.267. The molecule has 1 fully saturated rings. The van der Waals surface area contributed by atoms with Gasteiger partial charge >= 0.3 is 6.03 Å². The number of hydrogen-bond acceptors (Lipinski definition) is 6. The number of nitrogens with one attached hydrogen (secondary N) is 3. The third-order valence-corrected chi connectivity index (χ3v) is 8.42. The van der Waals surface area contributed by atoms with E-state index in [1.165, 1.54) is 24.7 Å². The Morgan fingerprint density at radius 3 is 2.69 bits per heavy atom. The summed E-state index contributed by atoms with van der Waals surface area (Å²) in [6, 6.07) is 9.31. The Hall–Kier alpha value is -3.76. The van der Waals surface area contributed by atoms with Crippen LogP contribution >= 0.6 is 22.9 Å². The molecule has 2 aliphatic carbocycles. The lowest BCUT2D eigenvalue weighted by molar-refractivity contribution is -0.114. The number of fused-ring (bicyclic) bond motifs is 3. The van der Waals surface area contributed by atoms with Gasteiger partial charge in [-0.2, -0.15) is 5.10 Å². The van der Waals surface area contributed by atoms with E-state index in [0.29, 0.717) is 21.5 Å². The fourth-order valence-electron chi connectivity index (χ4n) is 5.34. The molecule has 11 heteroatoms. The van der Waals surface area contributed by atoms with E-state index in [9.17, 15) is 9.59 Å². The van der Waals surface area contributed by atoms with Crippen LogP contribution in [0, 0.1) is 0 Å². The van der Waals surface area contributed by atoms with Crippen LogP contribution in [-0.4, -0.2) is 37.7 Å². The Balaban J connectivity index is 1.36. The molecule has 0 unspecified atom stereocenters. The molecule has 0 radical (unpaired) electrons. The maximum absolute atomic E-state index is 12.6. The van der Waals surface area contributed by atoms with E-state index in [1.54, 1.807) is 18.5 Å². The summed E-state index contributed by atoms with van der Waals surface area (Å²) in [7, 11) is 0. The number of pyridine rings is 1. The highest BCUT2D eigenvalue weighted by molar-refractivity contribution is 7.19. The molecule has 4 aromatic rings. The minimum absolute atomic E-state index is 0.162. The second kappa shape index (κ2) is 10.8. The number of rotatable bonds is 5. The summed E-state index contributed by atoms with van der Waals surface area (Å²) in [6.07, 6.45) is 10.6. The Kier molecular flexibility index (Phi) is 7.05. The number of nitrogens with zero attached hydrogens (tertiary/aromatic N) is 4. The smallest absolute Gasteiger partial charge is 0.319 e. The molecule has 39 heavy (non-hydrogen) atoms. The molecule has 6 rings (SSSR count). The number of urea groups is 1. The maximum atomic E-state index is 12.6. The highest BCUT2D eigenvalue weighted by Gasteiger charge is 2.30. The zero-order valence-electron chi connectivity index (χ0n) is 21.5. The molecule has 1 aromatic carbocycles. The molecule has 3 aromatic heterocycles. The Bertz CT molecular complexity index is 1540. The van der Waals surface area contributed by atoms with Gasteiger partial charge in [-0.15, -0.1) is 0 Å². The first-order valence-corrected chi connectivity index (χ1v) is 14.3. The monoisotopic (exact) mass is 561 g/mol. The molecule has 9 nitrogen and oxygen atoms in total. The minimum Gasteiger partial charge on any atom is -0.335 e. The third kappa shape index (κ3) is 5.26. The second-order valence-electron chi connectivity index (χ2n) is 9.90. The van der Waals surface area contributed by atoms with Crippen LogP contribution in [0.3, 0.4) is 0 Å². The normalized spacial score (nSPS) is 14.8. The van der Waals surface area contributed by atoms with Crippen molar-refractivity contribution in [2.24, 2.45) is 0 Å². The number of hydrogen-bond donors (Lipinski definition) is 3. The van der Waals surface area contributed by atoms with Crippen molar-refractivity contribution < 1.29 is 9.59 Å². The number of carbonyl (C=O) groups is 2. The first-order valence-electron chi connectivity index (χ1n) is 13.1. The lowest BCUT2D eigenvalue weighted by Gasteiger charge is -2.23. The van der Waals surface area contributed by atoms with Gasteiger partial charge in [-0.3, -0.25) is 9.78 Å². The van der Waals surface area contributed by atoms with Gasteiger partial charge in [0.05, 0.1) is 32.7 Å². The van der Waals surface area contributed by atoms with Gasteiger partial charge in [0.2, 0.25) is 5.91 Å². The van der Waals surface area contributed by atoms with E-state index in [4.69, 9.17) is 16.7 Å². The van der Waals surface area contributed by atoms with Crippen molar-refractivity contribution in [1.29, 1.82) is 0 Å². The molecule has 200 valence electrons. The Labute approximate surface area is 235 Å². The first kappa shape index (κ1) is 25.5. The standard InChI is InChI=1S/C28H28ClN7O2S/c1-16(37)31-28-34-22-11-10-20-24(17-6-5-13-30-15-17)35-36(25(20)26(22)39-28)23-12-9-19(14-21(23)29)33-27(38)32-18-7-3-2-4-8-18/h5-6,9,12-15,18H,2-4,7-8,10-11H2,1H3,(H,31,34,37)(H2,32,33,38). The van der Waals surface area contributed by atoms with Crippen LogP contribution in [0.1, 0.15) is 50.3 Å². The van der Waals surface area contributed by atoms with Gasteiger partial charge in [0.1, 0.15) is 0 Å². The molecule has 0 aliphatic heterocycles. The van der Waals surface area contributed by atoms with Crippen molar-refractivity contribution >= 4 is 45.7 Å². The molecule has 2 aliphatic rings. The van der Waals surface area contributed by atoms with Crippen molar-refractivity contribution in [3.05, 3.63) is 59.0 Å². The summed E-state index contributed by atoms with van der Waals surface area (Å²) in [5.41, 5.74) is 5.95. The minimum atomic E-state index is -0.221. The van der Waals surface area contributed by atoms with Crippen molar-refractivity contribution in [2.75, 3.05) is 10.6 Å². The molecule has 3 heterocycles. The highest BCUT2D eigenvalue weighted by Crippen LogP contribution is 2.44. The molecule has 1 saturated carbocycles. The molecule has 0 saturated heterocycles. The largest absolute Gasteiger partial charge is 0.335 e. The summed E-state index contributed by atoms with van der Waals surface area (Å²) in [5.74, 6) is -0.162. The van der Waals surface area contributed by atoms with Crippen molar-refractivity contribution in [3.63, 3.8) is 0 Å². The lowest BCUT2D eigenvalue weighted by atomic mass is 9.95. The molecule has 0 atom stereocenters. The molecule has 0 bridgehead atoms. The van der Waals surface area contributed by atoms with Gasteiger partial charge in [-0.1, -0.05) is 42.2 Å². The Morgan fingerprint density at radius 2 is 1.95 bits per heavy atom. The summed E-state index contributed by atoms with van der Waals surface area (Å²) >= 11 is 8.25. The summed E-state index contributed by atoms with van der Waals surface area (Å²) < 4.78 is 1.85. The second-order valence-corrected chi connectivity index (χ2v) is 11.3. The number of halogens is 1. The summed E-state index contributed by atoms with van der Waals surface area (Å²) in [4.78, 5) is 34.2. The fourth-order valence-corrected chi connectivity index (χ4v) is 6.72. The SMILES string of the molecule is CC(=O)Nc1nc2c(s1)-c1c(c(-c3cccnc3)nn1-c1ccc(NC(=O)NC3CCCCC3)cc1Cl)CC2. The Morgan fingerprint density at radius 1 is 1.10 bits per heavy atom. The number of benzene rings is 1. The zero-order chi connectivity index (χ0) is 26.9. The van der Waals surface area contributed by atoms with Gasteiger partial charge in [0, 0.05) is 42.2 Å². The van der Waals surface area contributed by atoms with E-state index in [1.807, 2.05) is 28.9 Å². The van der Waals surface area contributed by atoms with Crippen molar-refractivity contribution in [2.45, 2.75) is 57.9 Å². The van der Waals surface area contributed by atoms with E-state index >= 15 is 0 Å². The molecule has 0 spiro atoms.